The summed E-state index contributed by atoms with van der Waals surface area (Å²) in [6.45, 7) is 7.28. The van der Waals surface area contributed by atoms with Crippen LogP contribution >= 0.6 is 0 Å². The molecular formula is C32H28N4O. The van der Waals surface area contributed by atoms with E-state index in [1.165, 1.54) is 33.8 Å². The van der Waals surface area contributed by atoms with Crippen LogP contribution in [0.3, 0.4) is 0 Å². The number of aromatic nitrogens is 2. The molecular weight excluding hydrogens is 456 g/mol. The van der Waals surface area contributed by atoms with E-state index < -0.39 is 0 Å². The summed E-state index contributed by atoms with van der Waals surface area (Å²) in [5.74, 6) is 1.50. The average Bonchev–Trinajstić information content (AvgIpc) is 3.28. The molecule has 0 amide bonds. The Labute approximate surface area is 217 Å². The first-order valence-corrected chi connectivity index (χ1v) is 12.4. The second-order valence-electron chi connectivity index (χ2n) is 9.42. The number of benzene rings is 3. The van der Waals surface area contributed by atoms with Crippen LogP contribution in [0.15, 0.2) is 103 Å². The van der Waals surface area contributed by atoms with Crippen LogP contribution in [0, 0.1) is 20.8 Å². The van der Waals surface area contributed by atoms with Crippen molar-refractivity contribution in [3.05, 3.63) is 120 Å². The van der Waals surface area contributed by atoms with Gasteiger partial charge in [0.15, 0.2) is 0 Å². The minimum atomic E-state index is 0.724. The summed E-state index contributed by atoms with van der Waals surface area (Å²) in [5, 5.41) is 0. The molecule has 0 saturated carbocycles. The average molecular weight is 485 g/mol. The predicted octanol–water partition coefficient (Wildman–Crippen LogP) is 8.11. The van der Waals surface area contributed by atoms with Gasteiger partial charge in [-0.25, -0.2) is 0 Å². The molecule has 0 fully saturated rings. The van der Waals surface area contributed by atoms with Gasteiger partial charge in [0.2, 0.25) is 0 Å². The molecule has 1 aliphatic heterocycles. The summed E-state index contributed by atoms with van der Waals surface area (Å²) < 4.78 is 6.28. The van der Waals surface area contributed by atoms with Crippen molar-refractivity contribution in [3.8, 4) is 22.9 Å². The van der Waals surface area contributed by atoms with Crippen LogP contribution in [-0.4, -0.2) is 16.6 Å². The normalized spacial score (nSPS) is 12.5. The third-order valence-corrected chi connectivity index (χ3v) is 6.68. The van der Waals surface area contributed by atoms with Crippen molar-refractivity contribution in [1.29, 1.82) is 0 Å². The lowest BCUT2D eigenvalue weighted by atomic mass is 10.0. The predicted molar refractivity (Wildman–Crippen MR) is 150 cm³/mol. The SMILES string of the molecule is Cc1cc(C)c(N2CN(c3cccc(Oc4ccnc(-c5ccccn5)c4)c3)c3ccccc32)c(C)c1. The molecule has 0 N–H and O–H groups in total. The van der Waals surface area contributed by atoms with Gasteiger partial charge in [-0.1, -0.05) is 42.0 Å². The van der Waals surface area contributed by atoms with Gasteiger partial charge in [0, 0.05) is 35.9 Å². The summed E-state index contributed by atoms with van der Waals surface area (Å²) in [5.41, 5.74) is 10.2. The Morgan fingerprint density at radius 2 is 1.32 bits per heavy atom. The van der Waals surface area contributed by atoms with Gasteiger partial charge in [0.05, 0.1) is 22.8 Å². The molecule has 6 rings (SSSR count). The molecule has 5 nitrogen and oxygen atoms in total. The van der Waals surface area contributed by atoms with Crippen LogP contribution in [0.1, 0.15) is 16.7 Å². The maximum absolute atomic E-state index is 6.28. The van der Waals surface area contributed by atoms with Crippen LogP contribution in [-0.2, 0) is 0 Å². The van der Waals surface area contributed by atoms with Crippen molar-refractivity contribution in [3.63, 3.8) is 0 Å². The number of hydrogen-bond acceptors (Lipinski definition) is 5. The highest BCUT2D eigenvalue weighted by Crippen LogP contribution is 2.46. The standard InChI is InChI=1S/C32H28N4O/c1-22-17-23(2)32(24(3)18-22)36-21-35(30-12-4-5-13-31(30)36)25-9-8-10-26(19-25)37-27-14-16-34-29(20-27)28-11-6-7-15-33-28/h4-20H,21H2,1-3H3. The number of aryl methyl sites for hydroxylation is 3. The molecule has 0 saturated heterocycles. The number of para-hydroxylation sites is 2. The topological polar surface area (TPSA) is 41.5 Å². The minimum Gasteiger partial charge on any atom is -0.457 e. The molecule has 0 bridgehead atoms. The van der Waals surface area contributed by atoms with Gasteiger partial charge >= 0.3 is 0 Å². The maximum atomic E-state index is 6.28. The van der Waals surface area contributed by atoms with E-state index in [-0.39, 0.29) is 0 Å². The lowest BCUT2D eigenvalue weighted by molar-refractivity contribution is 0.482. The number of nitrogens with zero attached hydrogens (tertiary/aromatic N) is 4. The first-order valence-electron chi connectivity index (χ1n) is 12.4. The molecule has 0 atom stereocenters. The van der Waals surface area contributed by atoms with Gasteiger partial charge in [-0.15, -0.1) is 0 Å². The van der Waals surface area contributed by atoms with E-state index in [0.717, 1.165) is 35.2 Å². The smallest absolute Gasteiger partial charge is 0.131 e. The Morgan fingerprint density at radius 1 is 0.622 bits per heavy atom. The van der Waals surface area contributed by atoms with Crippen LogP contribution in [0.4, 0.5) is 22.7 Å². The quantitative estimate of drug-likeness (QED) is 0.252. The van der Waals surface area contributed by atoms with Gasteiger partial charge in [-0.05, 0) is 74.4 Å². The van der Waals surface area contributed by atoms with Crippen molar-refractivity contribution in [2.45, 2.75) is 20.8 Å². The van der Waals surface area contributed by atoms with Crippen LogP contribution < -0.4 is 14.5 Å². The van der Waals surface area contributed by atoms with Gasteiger partial charge in [-0.3, -0.25) is 9.97 Å². The summed E-state index contributed by atoms with van der Waals surface area (Å²) in [7, 11) is 0. The number of anilines is 4. The zero-order valence-corrected chi connectivity index (χ0v) is 21.2. The molecule has 37 heavy (non-hydrogen) atoms. The van der Waals surface area contributed by atoms with Crippen molar-refractivity contribution in [1.82, 2.24) is 9.97 Å². The number of fused-ring (bicyclic) bond motifs is 1. The Balaban J connectivity index is 1.32. The molecule has 1 aliphatic rings. The summed E-state index contributed by atoms with van der Waals surface area (Å²) >= 11 is 0. The number of ether oxygens (including phenoxy) is 1. The van der Waals surface area contributed by atoms with Crippen molar-refractivity contribution in [2.75, 3.05) is 16.5 Å². The minimum absolute atomic E-state index is 0.724. The molecule has 0 spiro atoms. The molecule has 2 aromatic heterocycles. The fourth-order valence-corrected chi connectivity index (χ4v) is 5.20. The molecule has 0 aliphatic carbocycles. The molecule has 3 heterocycles. The fraction of sp³-hybridized carbons (Fsp3) is 0.125. The van der Waals surface area contributed by atoms with Gasteiger partial charge in [0.25, 0.3) is 0 Å². The van der Waals surface area contributed by atoms with E-state index in [0.29, 0.717) is 0 Å². The highest BCUT2D eigenvalue weighted by Gasteiger charge is 2.29. The monoisotopic (exact) mass is 484 g/mol. The summed E-state index contributed by atoms with van der Waals surface area (Å²) in [6.07, 6.45) is 3.52. The van der Waals surface area contributed by atoms with Crippen molar-refractivity contribution < 1.29 is 4.74 Å². The number of pyridine rings is 2. The third kappa shape index (κ3) is 4.40. The Hall–Kier alpha value is -4.64. The van der Waals surface area contributed by atoms with E-state index in [1.54, 1.807) is 12.4 Å². The van der Waals surface area contributed by atoms with Gasteiger partial charge in [0.1, 0.15) is 18.2 Å². The fourth-order valence-electron chi connectivity index (χ4n) is 5.20. The first kappa shape index (κ1) is 22.8. The van der Waals surface area contributed by atoms with Gasteiger partial charge in [-0.2, -0.15) is 0 Å². The number of hydrogen-bond donors (Lipinski definition) is 0. The largest absolute Gasteiger partial charge is 0.457 e. The maximum Gasteiger partial charge on any atom is 0.131 e. The summed E-state index contributed by atoms with van der Waals surface area (Å²) in [6, 6.07) is 30.9. The second-order valence-corrected chi connectivity index (χ2v) is 9.42. The van der Waals surface area contributed by atoms with E-state index >= 15 is 0 Å². The zero-order valence-electron chi connectivity index (χ0n) is 21.2. The highest BCUT2D eigenvalue weighted by molar-refractivity contribution is 5.88. The van der Waals surface area contributed by atoms with E-state index in [9.17, 15) is 0 Å². The Morgan fingerprint density at radius 3 is 2.08 bits per heavy atom. The van der Waals surface area contributed by atoms with Crippen LogP contribution in [0.5, 0.6) is 11.5 Å². The van der Waals surface area contributed by atoms with Crippen LogP contribution in [0.2, 0.25) is 0 Å². The summed E-state index contributed by atoms with van der Waals surface area (Å²) in [4.78, 5) is 13.6. The lowest BCUT2D eigenvalue weighted by Crippen LogP contribution is -2.25. The molecule has 0 radical (unpaired) electrons. The second kappa shape index (κ2) is 9.43. The van der Waals surface area contributed by atoms with Crippen LogP contribution in [0.25, 0.3) is 11.4 Å². The number of rotatable bonds is 5. The van der Waals surface area contributed by atoms with Crippen molar-refractivity contribution in [2.24, 2.45) is 0 Å². The third-order valence-electron chi connectivity index (χ3n) is 6.68. The van der Waals surface area contributed by atoms with E-state index in [2.05, 4.69) is 89.1 Å². The lowest BCUT2D eigenvalue weighted by Gasteiger charge is -2.25. The zero-order chi connectivity index (χ0) is 25.4. The Bertz CT molecular complexity index is 1560. The highest BCUT2D eigenvalue weighted by atomic mass is 16.5. The Kier molecular flexibility index (Phi) is 5.81. The molecule has 182 valence electrons. The first-order chi connectivity index (χ1) is 18.1. The molecule has 0 unspecified atom stereocenters. The molecule has 5 heteroatoms. The molecule has 5 aromatic rings. The van der Waals surface area contributed by atoms with E-state index in [1.807, 2.05) is 42.5 Å². The molecule has 3 aromatic carbocycles. The van der Waals surface area contributed by atoms with E-state index in [4.69, 9.17) is 4.74 Å². The van der Waals surface area contributed by atoms with Crippen molar-refractivity contribution >= 4 is 22.7 Å². The van der Waals surface area contributed by atoms with Gasteiger partial charge < -0.3 is 14.5 Å².